The van der Waals surface area contributed by atoms with Crippen molar-refractivity contribution in [3.05, 3.63) is 167 Å². The van der Waals surface area contributed by atoms with Crippen molar-refractivity contribution in [3.8, 4) is 67.5 Å². The SMILES string of the molecule is [2H]c1c([2H])c(C([2H])([2H])[2H])c([2H])c([2H])c1-c1ccnc(-c2cc(-c3cccc4c3nc(-c3cc(C)cc(C)c3OC)n4-c3cc(-c4ccccc4)cc(C([2H])([2H])[2H])c3)cc(C(C)(C)C)c2)c1. The summed E-state index contributed by atoms with van der Waals surface area (Å²) in [6.07, 6.45) is 1.54. The van der Waals surface area contributed by atoms with Crippen LogP contribution in [0.2, 0.25) is 0 Å². The zero-order valence-electron chi connectivity index (χ0n) is 41.7. The molecule has 0 fully saturated rings. The van der Waals surface area contributed by atoms with E-state index in [1.54, 1.807) is 37.6 Å². The Balaban J connectivity index is 1.40. The lowest BCUT2D eigenvalue weighted by Gasteiger charge is -2.22. The van der Waals surface area contributed by atoms with Crippen LogP contribution in [0, 0.1) is 27.6 Å². The van der Waals surface area contributed by atoms with E-state index in [0.717, 1.165) is 50.0 Å². The van der Waals surface area contributed by atoms with E-state index in [-0.39, 0.29) is 16.5 Å². The minimum atomic E-state index is -2.83. The quantitative estimate of drug-likeness (QED) is 0.164. The average Bonchev–Trinajstić information content (AvgIpc) is 3.65. The number of imidazole rings is 1. The molecule has 0 spiro atoms. The van der Waals surface area contributed by atoms with Gasteiger partial charge in [0.05, 0.1) is 34.9 Å². The Morgan fingerprint density at radius 2 is 1.42 bits per heavy atom. The molecule has 55 heavy (non-hydrogen) atoms. The lowest BCUT2D eigenvalue weighted by atomic mass is 9.83. The minimum absolute atomic E-state index is 0.0218. The first-order valence-corrected chi connectivity index (χ1v) is 18.2. The highest BCUT2D eigenvalue weighted by Crippen LogP contribution is 2.42. The van der Waals surface area contributed by atoms with Crippen LogP contribution in [0.4, 0.5) is 0 Å². The predicted octanol–water partition coefficient (Wildman–Crippen LogP) is 13.3. The second-order valence-electron chi connectivity index (χ2n) is 15.0. The van der Waals surface area contributed by atoms with E-state index in [4.69, 9.17) is 28.4 Å². The third-order valence-corrected chi connectivity index (χ3v) is 9.91. The van der Waals surface area contributed by atoms with Crippen molar-refractivity contribution in [1.29, 1.82) is 0 Å². The number of para-hydroxylation sites is 1. The van der Waals surface area contributed by atoms with E-state index >= 15 is 0 Å². The molecular weight excluding hydrogens is 671 g/mol. The largest absolute Gasteiger partial charge is 0.496 e. The minimum Gasteiger partial charge on any atom is -0.496 e. The molecule has 0 aliphatic heterocycles. The van der Waals surface area contributed by atoms with Gasteiger partial charge in [-0.15, -0.1) is 0 Å². The van der Waals surface area contributed by atoms with Crippen molar-refractivity contribution in [2.45, 2.75) is 53.7 Å². The van der Waals surface area contributed by atoms with Gasteiger partial charge in [-0.05, 0) is 132 Å². The van der Waals surface area contributed by atoms with Gasteiger partial charge in [-0.1, -0.05) is 111 Å². The van der Waals surface area contributed by atoms with Crippen LogP contribution in [0.1, 0.15) is 62.3 Å². The van der Waals surface area contributed by atoms with E-state index in [9.17, 15) is 0 Å². The molecule has 2 aromatic heterocycles. The fourth-order valence-corrected chi connectivity index (χ4v) is 7.27. The van der Waals surface area contributed by atoms with Crippen LogP contribution in [0.25, 0.3) is 72.7 Å². The molecule has 0 aliphatic rings. The molecule has 4 heteroatoms. The fraction of sp³-hybridized carbons (Fsp3) is 0.176. The molecular formula is C51H47N3O. The molecule has 0 radical (unpaired) electrons. The summed E-state index contributed by atoms with van der Waals surface area (Å²) < 4.78 is 91.9. The maximum atomic E-state index is 8.79. The van der Waals surface area contributed by atoms with Gasteiger partial charge in [0.1, 0.15) is 11.6 Å². The fourth-order valence-electron chi connectivity index (χ4n) is 7.27. The van der Waals surface area contributed by atoms with Gasteiger partial charge in [-0.2, -0.15) is 0 Å². The Morgan fingerprint density at radius 1 is 0.636 bits per heavy atom. The number of aryl methyl sites for hydroxylation is 3. The Labute approximate surface area is 339 Å². The molecule has 0 bridgehead atoms. The molecule has 0 N–H and O–H groups in total. The highest BCUT2D eigenvalue weighted by molar-refractivity contribution is 5.97. The van der Waals surface area contributed by atoms with E-state index < -0.39 is 43.4 Å². The molecule has 8 rings (SSSR count). The van der Waals surface area contributed by atoms with E-state index in [2.05, 4.69) is 26.8 Å². The summed E-state index contributed by atoms with van der Waals surface area (Å²) in [7, 11) is 1.63. The van der Waals surface area contributed by atoms with Gasteiger partial charge in [0.15, 0.2) is 0 Å². The molecule has 0 atom stereocenters. The van der Waals surface area contributed by atoms with E-state index in [1.807, 2.05) is 97.3 Å². The van der Waals surface area contributed by atoms with E-state index in [1.165, 1.54) is 0 Å². The number of methoxy groups -OCH3 is 1. The third-order valence-electron chi connectivity index (χ3n) is 9.91. The lowest BCUT2D eigenvalue weighted by Crippen LogP contribution is -2.11. The van der Waals surface area contributed by atoms with Crippen LogP contribution in [-0.2, 0) is 5.41 Å². The molecule has 0 amide bonds. The first-order valence-electron chi connectivity index (χ1n) is 23.2. The zero-order chi connectivity index (χ0) is 46.9. The summed E-state index contributed by atoms with van der Waals surface area (Å²) in [5.74, 6) is 1.20. The van der Waals surface area contributed by atoms with Crippen molar-refractivity contribution in [2.24, 2.45) is 0 Å². The van der Waals surface area contributed by atoms with Gasteiger partial charge in [0.25, 0.3) is 0 Å². The highest BCUT2D eigenvalue weighted by atomic mass is 16.5. The first kappa shape index (κ1) is 25.7. The number of nitrogens with zero attached hydrogens (tertiary/aromatic N) is 3. The molecule has 0 aliphatic carbocycles. The number of hydrogen-bond acceptors (Lipinski definition) is 3. The first-order chi connectivity index (χ1) is 30.6. The maximum absolute atomic E-state index is 8.79. The number of hydrogen-bond donors (Lipinski definition) is 0. The van der Waals surface area contributed by atoms with Crippen LogP contribution >= 0.6 is 0 Å². The highest BCUT2D eigenvalue weighted by Gasteiger charge is 2.24. The van der Waals surface area contributed by atoms with Crippen LogP contribution in [0.15, 0.2) is 140 Å². The Bertz CT molecular complexity index is 3130. The normalized spacial score (nSPS) is 14.7. The van der Waals surface area contributed by atoms with E-state index in [0.29, 0.717) is 39.6 Å². The molecule has 0 saturated carbocycles. The number of rotatable bonds is 7. The standard InChI is InChI=1S/C51H47N3O/c1-32-17-19-37(20-18-32)38-21-22-52-46(31-38)41-27-40(28-42(29-41)51(5,6)7)44-15-12-16-47-48(44)53-50(45-26-33(2)23-35(4)49(45)55-8)54(47)43-25-34(3)24-39(30-43)36-13-10-9-11-14-36/h9-31H,1-8H3/i1D3,3D3,17D,18D,19D,20D. The smallest absolute Gasteiger partial charge is 0.149 e. The van der Waals surface area contributed by atoms with Crippen molar-refractivity contribution in [2.75, 3.05) is 7.11 Å². The van der Waals surface area contributed by atoms with Gasteiger partial charge >= 0.3 is 0 Å². The van der Waals surface area contributed by atoms with Gasteiger partial charge in [-0.3, -0.25) is 9.55 Å². The third kappa shape index (κ3) is 6.97. The molecule has 8 aromatic rings. The van der Waals surface area contributed by atoms with Gasteiger partial charge in [0.2, 0.25) is 0 Å². The van der Waals surface area contributed by atoms with Crippen molar-refractivity contribution >= 4 is 11.0 Å². The molecule has 2 heterocycles. The summed E-state index contributed by atoms with van der Waals surface area (Å²) >= 11 is 0. The number of pyridine rings is 1. The molecule has 4 nitrogen and oxygen atoms in total. The van der Waals surface area contributed by atoms with Crippen LogP contribution in [0.5, 0.6) is 5.75 Å². The number of benzene rings is 6. The summed E-state index contributed by atoms with van der Waals surface area (Å²) in [5, 5.41) is 0. The average molecular weight is 728 g/mol. The van der Waals surface area contributed by atoms with Crippen LogP contribution in [0.3, 0.4) is 0 Å². The second-order valence-corrected chi connectivity index (χ2v) is 15.0. The monoisotopic (exact) mass is 727 g/mol. The topological polar surface area (TPSA) is 39.9 Å². The molecule has 272 valence electrons. The number of ether oxygens (including phenoxy) is 1. The Kier molecular flexibility index (Phi) is 6.63. The van der Waals surface area contributed by atoms with Crippen LogP contribution in [-0.4, -0.2) is 21.6 Å². The summed E-state index contributed by atoms with van der Waals surface area (Å²) in [5.41, 5.74) is 9.62. The zero-order valence-corrected chi connectivity index (χ0v) is 31.7. The molecule has 0 unspecified atom stereocenters. The molecule has 0 saturated heterocycles. The van der Waals surface area contributed by atoms with Crippen molar-refractivity contribution < 1.29 is 18.4 Å². The summed E-state index contributed by atoms with van der Waals surface area (Å²) in [6, 6.07) is 32.5. The Hall–Kier alpha value is -6.26. The van der Waals surface area contributed by atoms with Gasteiger partial charge in [0, 0.05) is 31.2 Å². The van der Waals surface area contributed by atoms with Crippen molar-refractivity contribution in [1.82, 2.24) is 14.5 Å². The van der Waals surface area contributed by atoms with Gasteiger partial charge in [-0.25, -0.2) is 4.98 Å². The second kappa shape index (κ2) is 14.2. The van der Waals surface area contributed by atoms with Crippen molar-refractivity contribution in [3.63, 3.8) is 0 Å². The summed E-state index contributed by atoms with van der Waals surface area (Å²) in [4.78, 5) is 10.2. The van der Waals surface area contributed by atoms with Gasteiger partial charge < -0.3 is 4.74 Å². The number of fused-ring (bicyclic) bond motifs is 1. The summed E-state index contributed by atoms with van der Waals surface area (Å²) in [6.45, 7) is 5.09. The maximum Gasteiger partial charge on any atom is 0.149 e. The molecule has 6 aromatic carbocycles. The predicted molar refractivity (Wildman–Crippen MR) is 230 cm³/mol. The lowest BCUT2D eigenvalue weighted by molar-refractivity contribution is 0.413. The Morgan fingerprint density at radius 3 is 2.16 bits per heavy atom. The van der Waals surface area contributed by atoms with Crippen LogP contribution < -0.4 is 4.74 Å². The number of aromatic nitrogens is 3.